The average molecular weight is 228 g/mol. The van der Waals surface area contributed by atoms with E-state index in [-0.39, 0.29) is 5.92 Å². The van der Waals surface area contributed by atoms with E-state index < -0.39 is 5.60 Å². The van der Waals surface area contributed by atoms with Crippen molar-refractivity contribution in [1.29, 1.82) is 0 Å². The molecule has 1 fully saturated rings. The van der Waals surface area contributed by atoms with Gasteiger partial charge in [0.25, 0.3) is 0 Å². The summed E-state index contributed by atoms with van der Waals surface area (Å²) in [7, 11) is 1.69. The Morgan fingerprint density at radius 1 is 1.25 bits per heavy atom. The first kappa shape index (κ1) is 14.0. The van der Waals surface area contributed by atoms with Crippen molar-refractivity contribution in [3.63, 3.8) is 0 Å². The lowest BCUT2D eigenvalue weighted by atomic mass is 9.69. The van der Waals surface area contributed by atoms with E-state index >= 15 is 0 Å². The molecule has 0 aromatic heterocycles. The molecule has 0 aromatic carbocycles. The normalized spacial score (nSPS) is 30.4. The second-order valence-corrected chi connectivity index (χ2v) is 5.70. The average Bonchev–Trinajstić information content (AvgIpc) is 2.29. The summed E-state index contributed by atoms with van der Waals surface area (Å²) in [6.45, 7) is 6.96. The lowest BCUT2D eigenvalue weighted by Gasteiger charge is -2.42. The molecule has 1 aliphatic carbocycles. The third-order valence-electron chi connectivity index (χ3n) is 4.51. The summed E-state index contributed by atoms with van der Waals surface area (Å²) in [5.74, 6) is 1.58. The first-order valence-corrected chi connectivity index (χ1v) is 6.75. The highest BCUT2D eigenvalue weighted by molar-refractivity contribution is 4.91. The van der Waals surface area contributed by atoms with Gasteiger partial charge in [-0.05, 0) is 30.6 Å². The van der Waals surface area contributed by atoms with Crippen molar-refractivity contribution in [2.24, 2.45) is 17.8 Å². The molecule has 2 heteroatoms. The number of hydrogen-bond donors (Lipinski definition) is 1. The number of rotatable bonds is 5. The maximum absolute atomic E-state index is 10.7. The maximum Gasteiger partial charge on any atom is 0.0930 e. The molecule has 1 saturated carbocycles. The number of aliphatic hydroxyl groups is 1. The molecule has 1 atom stereocenters. The molecule has 1 aliphatic rings. The van der Waals surface area contributed by atoms with Crippen LogP contribution in [0.4, 0.5) is 0 Å². The summed E-state index contributed by atoms with van der Waals surface area (Å²) < 4.78 is 5.22. The minimum atomic E-state index is -0.618. The summed E-state index contributed by atoms with van der Waals surface area (Å²) in [4.78, 5) is 0. The molecular weight excluding hydrogens is 200 g/mol. The first-order valence-electron chi connectivity index (χ1n) is 6.75. The summed E-state index contributed by atoms with van der Waals surface area (Å²) in [6, 6.07) is 0. The van der Waals surface area contributed by atoms with Crippen molar-refractivity contribution >= 4 is 0 Å². The zero-order valence-electron chi connectivity index (χ0n) is 11.3. The van der Waals surface area contributed by atoms with E-state index in [0.29, 0.717) is 12.5 Å². The van der Waals surface area contributed by atoms with Crippen molar-refractivity contribution in [1.82, 2.24) is 0 Å². The Balaban J connectivity index is 2.60. The molecule has 0 bridgehead atoms. The smallest absolute Gasteiger partial charge is 0.0930 e. The molecule has 96 valence electrons. The van der Waals surface area contributed by atoms with Gasteiger partial charge in [0.1, 0.15) is 0 Å². The van der Waals surface area contributed by atoms with Gasteiger partial charge in [0.15, 0.2) is 0 Å². The lowest BCUT2D eigenvalue weighted by Crippen LogP contribution is -2.48. The molecule has 0 aromatic rings. The van der Waals surface area contributed by atoms with Gasteiger partial charge in [-0.2, -0.15) is 0 Å². The molecule has 16 heavy (non-hydrogen) atoms. The van der Waals surface area contributed by atoms with Gasteiger partial charge in [0, 0.05) is 7.11 Å². The Bertz CT molecular complexity index is 195. The van der Waals surface area contributed by atoms with E-state index in [2.05, 4.69) is 20.8 Å². The SMILES string of the molecule is CCC1CCC(C(O)(COC)C(C)C)CC1. The van der Waals surface area contributed by atoms with Crippen molar-refractivity contribution in [2.45, 2.75) is 58.5 Å². The van der Waals surface area contributed by atoms with Gasteiger partial charge >= 0.3 is 0 Å². The van der Waals surface area contributed by atoms with Crippen molar-refractivity contribution < 1.29 is 9.84 Å². The number of ether oxygens (including phenoxy) is 1. The Hall–Kier alpha value is -0.0800. The molecule has 1 unspecified atom stereocenters. The highest BCUT2D eigenvalue weighted by atomic mass is 16.5. The molecule has 2 nitrogen and oxygen atoms in total. The van der Waals surface area contributed by atoms with Gasteiger partial charge in [-0.15, -0.1) is 0 Å². The predicted molar refractivity (Wildman–Crippen MR) is 67.4 cm³/mol. The van der Waals surface area contributed by atoms with Crippen LogP contribution in [0.3, 0.4) is 0 Å². The molecule has 0 saturated heterocycles. The second-order valence-electron chi connectivity index (χ2n) is 5.70. The van der Waals surface area contributed by atoms with Gasteiger partial charge in [-0.1, -0.05) is 40.0 Å². The van der Waals surface area contributed by atoms with Gasteiger partial charge in [0.05, 0.1) is 12.2 Å². The molecule has 1 N–H and O–H groups in total. The Morgan fingerprint density at radius 2 is 1.81 bits per heavy atom. The molecule has 0 spiro atoms. The van der Waals surface area contributed by atoms with Gasteiger partial charge in [0.2, 0.25) is 0 Å². The predicted octanol–water partition coefficient (Wildman–Crippen LogP) is 3.24. The van der Waals surface area contributed by atoms with E-state index in [1.54, 1.807) is 7.11 Å². The third-order valence-corrected chi connectivity index (χ3v) is 4.51. The lowest BCUT2D eigenvalue weighted by molar-refractivity contribution is -0.117. The zero-order valence-corrected chi connectivity index (χ0v) is 11.3. The number of methoxy groups -OCH3 is 1. The fraction of sp³-hybridized carbons (Fsp3) is 1.00. The molecule has 0 heterocycles. The second kappa shape index (κ2) is 6.02. The topological polar surface area (TPSA) is 29.5 Å². The summed E-state index contributed by atoms with van der Waals surface area (Å²) in [5, 5.41) is 10.7. The molecular formula is C14H28O2. The van der Waals surface area contributed by atoms with Gasteiger partial charge < -0.3 is 9.84 Å². The van der Waals surface area contributed by atoms with Crippen LogP contribution in [0.2, 0.25) is 0 Å². The van der Waals surface area contributed by atoms with Crippen LogP contribution in [0.15, 0.2) is 0 Å². The molecule has 0 amide bonds. The first-order chi connectivity index (χ1) is 7.54. The number of hydrogen-bond acceptors (Lipinski definition) is 2. The van der Waals surface area contributed by atoms with Crippen molar-refractivity contribution in [3.05, 3.63) is 0 Å². The summed E-state index contributed by atoms with van der Waals surface area (Å²) in [6.07, 6.45) is 6.17. The fourth-order valence-electron chi connectivity index (χ4n) is 3.06. The van der Waals surface area contributed by atoms with Crippen LogP contribution in [0.1, 0.15) is 52.9 Å². The van der Waals surface area contributed by atoms with E-state index in [1.807, 2.05) is 0 Å². The van der Waals surface area contributed by atoms with Crippen LogP contribution in [-0.4, -0.2) is 24.4 Å². The van der Waals surface area contributed by atoms with Crippen LogP contribution < -0.4 is 0 Å². The van der Waals surface area contributed by atoms with Crippen molar-refractivity contribution in [2.75, 3.05) is 13.7 Å². The quantitative estimate of drug-likeness (QED) is 0.783. The Kier molecular flexibility index (Phi) is 5.26. The highest BCUT2D eigenvalue weighted by Gasteiger charge is 2.41. The largest absolute Gasteiger partial charge is 0.387 e. The van der Waals surface area contributed by atoms with E-state index in [0.717, 1.165) is 18.8 Å². The summed E-state index contributed by atoms with van der Waals surface area (Å²) in [5.41, 5.74) is -0.618. The minimum Gasteiger partial charge on any atom is -0.387 e. The Labute approximate surface area is 100 Å². The molecule has 1 rings (SSSR count). The molecule has 0 aliphatic heterocycles. The third kappa shape index (κ3) is 2.98. The van der Waals surface area contributed by atoms with Gasteiger partial charge in [-0.25, -0.2) is 0 Å². The highest BCUT2D eigenvalue weighted by Crippen LogP contribution is 2.40. The zero-order chi connectivity index (χ0) is 12.2. The van der Waals surface area contributed by atoms with Crippen LogP contribution in [0, 0.1) is 17.8 Å². The summed E-state index contributed by atoms with van der Waals surface area (Å²) >= 11 is 0. The van der Waals surface area contributed by atoms with Gasteiger partial charge in [-0.3, -0.25) is 0 Å². The minimum absolute atomic E-state index is 0.274. The standard InChI is InChI=1S/C14H28O2/c1-5-12-6-8-13(9-7-12)14(15,10-16-4)11(2)3/h11-13,15H,5-10H2,1-4H3. The van der Waals surface area contributed by atoms with Crippen LogP contribution in [0.5, 0.6) is 0 Å². The fourth-order valence-corrected chi connectivity index (χ4v) is 3.06. The van der Waals surface area contributed by atoms with Crippen LogP contribution in [-0.2, 0) is 4.74 Å². The van der Waals surface area contributed by atoms with E-state index in [9.17, 15) is 5.11 Å². The van der Waals surface area contributed by atoms with E-state index in [1.165, 1.54) is 19.3 Å². The van der Waals surface area contributed by atoms with E-state index in [4.69, 9.17) is 4.74 Å². The van der Waals surface area contributed by atoms with Crippen LogP contribution in [0.25, 0.3) is 0 Å². The monoisotopic (exact) mass is 228 g/mol. The maximum atomic E-state index is 10.7. The van der Waals surface area contributed by atoms with Crippen LogP contribution >= 0.6 is 0 Å². The van der Waals surface area contributed by atoms with Crippen molar-refractivity contribution in [3.8, 4) is 0 Å². The Morgan fingerprint density at radius 3 is 2.19 bits per heavy atom. The molecule has 0 radical (unpaired) electrons.